The molecule has 1 saturated heterocycles. The van der Waals surface area contributed by atoms with Gasteiger partial charge in [0.1, 0.15) is 5.82 Å². The van der Waals surface area contributed by atoms with E-state index in [0.29, 0.717) is 24.7 Å². The molecule has 0 radical (unpaired) electrons. The van der Waals surface area contributed by atoms with Crippen molar-refractivity contribution in [3.05, 3.63) is 59.7 Å². The first kappa shape index (κ1) is 15.1. The Labute approximate surface area is 137 Å². The van der Waals surface area contributed by atoms with Crippen LogP contribution in [-0.4, -0.2) is 17.8 Å². The molecule has 124 valence electrons. The minimum Gasteiger partial charge on any atom is -0.437 e. The normalized spacial score (nSPS) is 15.3. The van der Waals surface area contributed by atoms with Crippen LogP contribution in [0.4, 0.5) is 8.78 Å². The molecule has 3 aromatic rings. The molecule has 0 unspecified atom stereocenters. The molecular weight excluding hydrogens is 316 g/mol. The van der Waals surface area contributed by atoms with E-state index in [1.807, 2.05) is 31.3 Å². The lowest BCUT2D eigenvalue weighted by molar-refractivity contribution is -0.0443. The van der Waals surface area contributed by atoms with Gasteiger partial charge in [0.05, 0.1) is 24.3 Å². The molecule has 0 amide bonds. The molecular formula is C18H15F2NO3. The number of hydrogen-bond donors (Lipinski definition) is 0. The highest BCUT2D eigenvalue weighted by atomic mass is 19.1. The van der Waals surface area contributed by atoms with Gasteiger partial charge in [0, 0.05) is 18.5 Å². The topological polar surface area (TPSA) is 32.6 Å². The summed E-state index contributed by atoms with van der Waals surface area (Å²) < 4.78 is 45.9. The Balaban J connectivity index is 1.87. The van der Waals surface area contributed by atoms with Crippen LogP contribution in [0.3, 0.4) is 0 Å². The first-order valence-corrected chi connectivity index (χ1v) is 7.58. The monoisotopic (exact) mass is 331 g/mol. The van der Waals surface area contributed by atoms with E-state index in [1.165, 1.54) is 6.07 Å². The summed E-state index contributed by atoms with van der Waals surface area (Å²) in [6, 6.07) is 10.9. The van der Waals surface area contributed by atoms with E-state index < -0.39 is 17.9 Å². The van der Waals surface area contributed by atoms with E-state index in [2.05, 4.69) is 0 Å². The second-order valence-corrected chi connectivity index (χ2v) is 5.55. The second kappa shape index (κ2) is 5.89. The van der Waals surface area contributed by atoms with Gasteiger partial charge in [-0.15, -0.1) is 0 Å². The third-order valence-corrected chi connectivity index (χ3v) is 4.05. The second-order valence-electron chi connectivity index (χ2n) is 5.55. The first-order valence-electron chi connectivity index (χ1n) is 7.58. The van der Waals surface area contributed by atoms with E-state index in [9.17, 15) is 8.78 Å². The van der Waals surface area contributed by atoms with Crippen molar-refractivity contribution in [3.8, 4) is 11.6 Å². The Hall–Kier alpha value is -2.44. The zero-order chi connectivity index (χ0) is 16.7. The van der Waals surface area contributed by atoms with Gasteiger partial charge in [-0.05, 0) is 18.2 Å². The van der Waals surface area contributed by atoms with Gasteiger partial charge in [-0.3, -0.25) is 0 Å². The van der Waals surface area contributed by atoms with Crippen LogP contribution in [0.5, 0.6) is 11.6 Å². The third kappa shape index (κ3) is 2.44. The fourth-order valence-corrected chi connectivity index (χ4v) is 2.94. The van der Waals surface area contributed by atoms with Crippen molar-refractivity contribution in [2.75, 3.05) is 13.2 Å². The summed E-state index contributed by atoms with van der Waals surface area (Å²) in [7, 11) is 1.82. The van der Waals surface area contributed by atoms with E-state index in [0.717, 1.165) is 23.0 Å². The molecule has 2 heterocycles. The number of aryl methyl sites for hydroxylation is 1. The summed E-state index contributed by atoms with van der Waals surface area (Å²) in [6.45, 7) is 0.969. The van der Waals surface area contributed by atoms with Crippen LogP contribution in [0.2, 0.25) is 0 Å². The van der Waals surface area contributed by atoms with Gasteiger partial charge in [0.2, 0.25) is 5.88 Å². The van der Waals surface area contributed by atoms with Crippen LogP contribution >= 0.6 is 0 Å². The Bertz CT molecular complexity index is 901. The number of nitrogens with zero attached hydrogens (tertiary/aromatic N) is 1. The maximum absolute atomic E-state index is 14.0. The van der Waals surface area contributed by atoms with Crippen LogP contribution in [0, 0.1) is 11.6 Å². The van der Waals surface area contributed by atoms with Crippen LogP contribution in [0.25, 0.3) is 10.9 Å². The van der Waals surface area contributed by atoms with Crippen molar-refractivity contribution in [1.82, 2.24) is 4.57 Å². The average Bonchev–Trinajstić information content (AvgIpc) is 3.18. The number of aromatic nitrogens is 1. The SMILES string of the molecule is Cn1c(Oc2ccc(F)cc2F)c(C2OCCO2)c2ccccc21. The lowest BCUT2D eigenvalue weighted by Gasteiger charge is -2.14. The third-order valence-electron chi connectivity index (χ3n) is 4.05. The minimum atomic E-state index is -0.764. The largest absolute Gasteiger partial charge is 0.437 e. The Morgan fingerprint density at radius 3 is 2.58 bits per heavy atom. The number of ether oxygens (including phenoxy) is 3. The fourth-order valence-electron chi connectivity index (χ4n) is 2.94. The summed E-state index contributed by atoms with van der Waals surface area (Å²) in [5.74, 6) is -1.06. The highest BCUT2D eigenvalue weighted by molar-refractivity contribution is 5.87. The number of rotatable bonds is 3. The van der Waals surface area contributed by atoms with Crippen molar-refractivity contribution >= 4 is 10.9 Å². The molecule has 0 N–H and O–H groups in total. The van der Waals surface area contributed by atoms with Crippen LogP contribution in [0.1, 0.15) is 11.9 Å². The van der Waals surface area contributed by atoms with Crippen molar-refractivity contribution in [3.63, 3.8) is 0 Å². The number of fused-ring (bicyclic) bond motifs is 1. The van der Waals surface area contributed by atoms with Gasteiger partial charge in [0.25, 0.3) is 0 Å². The van der Waals surface area contributed by atoms with Crippen molar-refractivity contribution < 1.29 is 23.0 Å². The molecule has 1 aliphatic heterocycles. The molecule has 0 saturated carbocycles. The fraction of sp³-hybridized carbons (Fsp3) is 0.222. The Morgan fingerprint density at radius 2 is 1.83 bits per heavy atom. The quantitative estimate of drug-likeness (QED) is 0.717. The predicted octanol–water partition coefficient (Wildman–Crippen LogP) is 4.29. The summed E-state index contributed by atoms with van der Waals surface area (Å²) in [4.78, 5) is 0. The molecule has 1 fully saturated rings. The van der Waals surface area contributed by atoms with E-state index in [-0.39, 0.29) is 5.75 Å². The molecule has 0 aliphatic carbocycles. The zero-order valence-corrected chi connectivity index (χ0v) is 13.0. The predicted molar refractivity (Wildman–Crippen MR) is 84.0 cm³/mol. The number of hydrogen-bond acceptors (Lipinski definition) is 3. The van der Waals surface area contributed by atoms with Gasteiger partial charge in [0.15, 0.2) is 17.9 Å². The molecule has 24 heavy (non-hydrogen) atoms. The van der Waals surface area contributed by atoms with Crippen molar-refractivity contribution in [2.45, 2.75) is 6.29 Å². The average molecular weight is 331 g/mol. The van der Waals surface area contributed by atoms with Crippen LogP contribution in [0.15, 0.2) is 42.5 Å². The van der Waals surface area contributed by atoms with Crippen molar-refractivity contribution in [1.29, 1.82) is 0 Å². The molecule has 0 spiro atoms. The van der Waals surface area contributed by atoms with E-state index in [4.69, 9.17) is 14.2 Å². The maximum Gasteiger partial charge on any atom is 0.209 e. The van der Waals surface area contributed by atoms with E-state index >= 15 is 0 Å². The van der Waals surface area contributed by atoms with Crippen LogP contribution < -0.4 is 4.74 Å². The molecule has 0 bridgehead atoms. The van der Waals surface area contributed by atoms with Gasteiger partial charge >= 0.3 is 0 Å². The van der Waals surface area contributed by atoms with Crippen LogP contribution in [-0.2, 0) is 16.5 Å². The lowest BCUT2D eigenvalue weighted by atomic mass is 10.1. The number of halogens is 2. The van der Waals surface area contributed by atoms with Gasteiger partial charge in [-0.1, -0.05) is 18.2 Å². The van der Waals surface area contributed by atoms with Gasteiger partial charge < -0.3 is 18.8 Å². The molecule has 0 atom stereocenters. The van der Waals surface area contributed by atoms with Gasteiger partial charge in [-0.25, -0.2) is 8.78 Å². The minimum absolute atomic E-state index is 0.0541. The number of benzene rings is 2. The Kier molecular flexibility index (Phi) is 3.70. The molecule has 1 aromatic heterocycles. The summed E-state index contributed by atoms with van der Waals surface area (Å²) in [5, 5.41) is 0.907. The summed E-state index contributed by atoms with van der Waals surface area (Å²) >= 11 is 0. The molecule has 6 heteroatoms. The summed E-state index contributed by atoms with van der Waals surface area (Å²) in [6.07, 6.45) is -0.574. The molecule has 4 rings (SSSR count). The maximum atomic E-state index is 14.0. The first-order chi connectivity index (χ1) is 11.6. The zero-order valence-electron chi connectivity index (χ0n) is 13.0. The molecule has 1 aliphatic rings. The highest BCUT2D eigenvalue weighted by Crippen LogP contribution is 2.41. The molecule has 4 nitrogen and oxygen atoms in total. The lowest BCUT2D eigenvalue weighted by Crippen LogP contribution is -2.02. The Morgan fingerprint density at radius 1 is 1.08 bits per heavy atom. The van der Waals surface area contributed by atoms with Gasteiger partial charge in [-0.2, -0.15) is 0 Å². The summed E-state index contributed by atoms with van der Waals surface area (Å²) in [5.41, 5.74) is 1.61. The highest BCUT2D eigenvalue weighted by Gasteiger charge is 2.29. The number of para-hydroxylation sites is 1. The van der Waals surface area contributed by atoms with Crippen molar-refractivity contribution in [2.24, 2.45) is 7.05 Å². The molecule has 2 aromatic carbocycles. The van der Waals surface area contributed by atoms with E-state index in [1.54, 1.807) is 4.57 Å². The standard InChI is InChI=1S/C18H15F2NO3/c1-21-14-5-3-2-4-12(14)16(18-22-8-9-23-18)17(21)24-15-7-6-11(19)10-13(15)20/h2-7,10,18H,8-9H2,1H3. The smallest absolute Gasteiger partial charge is 0.209 e.